The zero-order chi connectivity index (χ0) is 14.5. The van der Waals surface area contributed by atoms with Gasteiger partial charge < -0.3 is 15.4 Å². The standard InChI is InChI=1S/C15H29N3O2/c1-12(2)15(19)18-9-5-14(6-10-18)20-13-3-7-17(11-16)8-4-13/h12-14H,3-11,16H2,1-2H3. The molecule has 5 heteroatoms. The summed E-state index contributed by atoms with van der Waals surface area (Å²) in [6, 6.07) is 0. The van der Waals surface area contributed by atoms with E-state index < -0.39 is 0 Å². The Labute approximate surface area is 122 Å². The van der Waals surface area contributed by atoms with Crippen LogP contribution in [-0.4, -0.2) is 60.8 Å². The quantitative estimate of drug-likeness (QED) is 0.837. The molecular formula is C15H29N3O2. The van der Waals surface area contributed by atoms with Crippen LogP contribution in [0.25, 0.3) is 0 Å². The molecule has 20 heavy (non-hydrogen) atoms. The van der Waals surface area contributed by atoms with E-state index in [2.05, 4.69) is 4.90 Å². The fourth-order valence-corrected chi connectivity index (χ4v) is 3.08. The molecule has 0 aromatic rings. The second-order valence-corrected chi connectivity index (χ2v) is 6.32. The molecule has 2 heterocycles. The molecule has 5 nitrogen and oxygen atoms in total. The minimum Gasteiger partial charge on any atom is -0.375 e. The number of nitrogens with two attached hydrogens (primary N) is 1. The van der Waals surface area contributed by atoms with Crippen molar-refractivity contribution in [2.45, 2.75) is 51.7 Å². The van der Waals surface area contributed by atoms with Gasteiger partial charge in [0, 0.05) is 38.8 Å². The zero-order valence-corrected chi connectivity index (χ0v) is 12.9. The van der Waals surface area contributed by atoms with Crippen LogP contribution in [-0.2, 0) is 9.53 Å². The number of carbonyl (C=O) groups is 1. The smallest absolute Gasteiger partial charge is 0.225 e. The first-order chi connectivity index (χ1) is 9.60. The molecule has 0 aliphatic carbocycles. The van der Waals surface area contributed by atoms with Gasteiger partial charge in [-0.3, -0.25) is 9.69 Å². The Morgan fingerprint density at radius 2 is 1.60 bits per heavy atom. The number of likely N-dealkylation sites (tertiary alicyclic amines) is 2. The van der Waals surface area contributed by atoms with Crippen LogP contribution in [0.5, 0.6) is 0 Å². The molecule has 116 valence electrons. The molecule has 2 saturated heterocycles. The Bertz CT molecular complexity index is 306. The second kappa shape index (κ2) is 7.38. The number of piperidine rings is 2. The van der Waals surface area contributed by atoms with Gasteiger partial charge in [0.25, 0.3) is 0 Å². The lowest BCUT2D eigenvalue weighted by molar-refractivity contribution is -0.138. The Morgan fingerprint density at radius 1 is 1.10 bits per heavy atom. The maximum Gasteiger partial charge on any atom is 0.225 e. The maximum atomic E-state index is 11.9. The number of hydrogen-bond donors (Lipinski definition) is 1. The number of amides is 1. The van der Waals surface area contributed by atoms with E-state index in [0.717, 1.165) is 51.9 Å². The van der Waals surface area contributed by atoms with E-state index in [-0.39, 0.29) is 11.8 Å². The fraction of sp³-hybridized carbons (Fsp3) is 0.933. The molecule has 0 saturated carbocycles. The van der Waals surface area contributed by atoms with Crippen LogP contribution in [0.2, 0.25) is 0 Å². The predicted octanol–water partition coefficient (Wildman–Crippen LogP) is 1.03. The maximum absolute atomic E-state index is 11.9. The highest BCUT2D eigenvalue weighted by Crippen LogP contribution is 2.21. The van der Waals surface area contributed by atoms with Crippen molar-refractivity contribution in [3.05, 3.63) is 0 Å². The average molecular weight is 283 g/mol. The van der Waals surface area contributed by atoms with Crippen molar-refractivity contribution < 1.29 is 9.53 Å². The number of rotatable bonds is 4. The first-order valence-electron chi connectivity index (χ1n) is 7.96. The molecule has 1 amide bonds. The van der Waals surface area contributed by atoms with Gasteiger partial charge in [-0.1, -0.05) is 13.8 Å². The molecule has 2 aliphatic rings. The number of ether oxygens (including phenoxy) is 1. The topological polar surface area (TPSA) is 58.8 Å². The summed E-state index contributed by atoms with van der Waals surface area (Å²) in [4.78, 5) is 16.2. The van der Waals surface area contributed by atoms with Gasteiger partial charge in [0.05, 0.1) is 12.2 Å². The first-order valence-corrected chi connectivity index (χ1v) is 7.96. The minimum absolute atomic E-state index is 0.105. The third-order valence-corrected chi connectivity index (χ3v) is 4.43. The second-order valence-electron chi connectivity index (χ2n) is 6.32. The van der Waals surface area contributed by atoms with Crippen molar-refractivity contribution in [2.75, 3.05) is 32.8 Å². The Hall–Kier alpha value is -0.650. The molecule has 2 rings (SSSR count). The summed E-state index contributed by atoms with van der Waals surface area (Å²) in [5.41, 5.74) is 5.65. The highest BCUT2D eigenvalue weighted by atomic mass is 16.5. The van der Waals surface area contributed by atoms with E-state index in [1.165, 1.54) is 0 Å². The van der Waals surface area contributed by atoms with Gasteiger partial charge in [0.15, 0.2) is 0 Å². The summed E-state index contributed by atoms with van der Waals surface area (Å²) >= 11 is 0. The molecule has 2 aliphatic heterocycles. The third-order valence-electron chi connectivity index (χ3n) is 4.43. The number of carbonyl (C=O) groups excluding carboxylic acids is 1. The molecular weight excluding hydrogens is 254 g/mol. The summed E-state index contributed by atoms with van der Waals surface area (Å²) in [7, 11) is 0. The van der Waals surface area contributed by atoms with Crippen molar-refractivity contribution in [1.82, 2.24) is 9.80 Å². The van der Waals surface area contributed by atoms with E-state index in [0.29, 0.717) is 18.9 Å². The van der Waals surface area contributed by atoms with Crippen molar-refractivity contribution >= 4 is 5.91 Å². The molecule has 2 fully saturated rings. The van der Waals surface area contributed by atoms with E-state index >= 15 is 0 Å². The summed E-state index contributed by atoms with van der Waals surface area (Å²) in [6.07, 6.45) is 4.85. The van der Waals surface area contributed by atoms with Gasteiger partial charge in [0.2, 0.25) is 5.91 Å². The van der Waals surface area contributed by atoms with Crippen molar-refractivity contribution in [1.29, 1.82) is 0 Å². The molecule has 0 atom stereocenters. The van der Waals surface area contributed by atoms with Crippen molar-refractivity contribution in [2.24, 2.45) is 11.7 Å². The Balaban J connectivity index is 1.68. The largest absolute Gasteiger partial charge is 0.375 e. The summed E-state index contributed by atoms with van der Waals surface area (Å²) < 4.78 is 6.21. The zero-order valence-electron chi connectivity index (χ0n) is 12.9. The van der Waals surface area contributed by atoms with Gasteiger partial charge in [-0.25, -0.2) is 0 Å². The van der Waals surface area contributed by atoms with Gasteiger partial charge in [0.1, 0.15) is 0 Å². The highest BCUT2D eigenvalue weighted by Gasteiger charge is 2.27. The summed E-state index contributed by atoms with van der Waals surface area (Å²) in [5.74, 6) is 0.382. The normalized spacial score (nSPS) is 23.5. The number of nitrogens with zero attached hydrogens (tertiary/aromatic N) is 2. The van der Waals surface area contributed by atoms with Crippen LogP contribution < -0.4 is 5.73 Å². The molecule has 0 unspecified atom stereocenters. The molecule has 0 aromatic carbocycles. The Kier molecular flexibility index (Phi) is 5.81. The van der Waals surface area contributed by atoms with Crippen LogP contribution >= 0.6 is 0 Å². The molecule has 0 bridgehead atoms. The predicted molar refractivity (Wildman–Crippen MR) is 79.2 cm³/mol. The van der Waals surface area contributed by atoms with Crippen molar-refractivity contribution in [3.63, 3.8) is 0 Å². The van der Waals surface area contributed by atoms with E-state index in [1.807, 2.05) is 18.7 Å². The highest BCUT2D eigenvalue weighted by molar-refractivity contribution is 5.78. The molecule has 0 spiro atoms. The van der Waals surface area contributed by atoms with Gasteiger partial charge in [-0.15, -0.1) is 0 Å². The lowest BCUT2D eigenvalue weighted by Gasteiger charge is -2.37. The fourth-order valence-electron chi connectivity index (χ4n) is 3.08. The SMILES string of the molecule is CC(C)C(=O)N1CCC(OC2CCN(CN)CC2)CC1. The van der Waals surface area contributed by atoms with E-state index in [1.54, 1.807) is 0 Å². The third kappa shape index (κ3) is 4.17. The van der Waals surface area contributed by atoms with E-state index in [9.17, 15) is 4.79 Å². The molecule has 0 aromatic heterocycles. The van der Waals surface area contributed by atoms with Gasteiger partial charge >= 0.3 is 0 Å². The monoisotopic (exact) mass is 283 g/mol. The number of hydrogen-bond acceptors (Lipinski definition) is 4. The van der Waals surface area contributed by atoms with Crippen LogP contribution in [0.1, 0.15) is 39.5 Å². The van der Waals surface area contributed by atoms with Crippen LogP contribution in [0.15, 0.2) is 0 Å². The van der Waals surface area contributed by atoms with Crippen molar-refractivity contribution in [3.8, 4) is 0 Å². The first kappa shape index (κ1) is 15.7. The lowest BCUT2D eigenvalue weighted by atomic mass is 10.0. The van der Waals surface area contributed by atoms with Crippen LogP contribution in [0.3, 0.4) is 0 Å². The average Bonchev–Trinajstić information content (AvgIpc) is 2.48. The van der Waals surface area contributed by atoms with Gasteiger partial charge in [-0.05, 0) is 25.7 Å². The lowest BCUT2D eigenvalue weighted by Crippen LogP contribution is -2.45. The van der Waals surface area contributed by atoms with E-state index in [4.69, 9.17) is 10.5 Å². The minimum atomic E-state index is 0.105. The summed E-state index contributed by atoms with van der Waals surface area (Å²) in [5, 5.41) is 0. The molecule has 2 N–H and O–H groups in total. The van der Waals surface area contributed by atoms with Crippen LogP contribution in [0.4, 0.5) is 0 Å². The Morgan fingerprint density at radius 3 is 2.05 bits per heavy atom. The van der Waals surface area contributed by atoms with Crippen LogP contribution in [0, 0.1) is 5.92 Å². The van der Waals surface area contributed by atoms with Gasteiger partial charge in [-0.2, -0.15) is 0 Å². The molecule has 0 radical (unpaired) electrons. The summed E-state index contributed by atoms with van der Waals surface area (Å²) in [6.45, 7) is 8.39.